The Labute approximate surface area is 100 Å². The van der Waals surface area contributed by atoms with E-state index in [1.165, 1.54) is 6.20 Å². The zero-order valence-electron chi connectivity index (χ0n) is 10.5. The van der Waals surface area contributed by atoms with Gasteiger partial charge in [-0.25, -0.2) is 0 Å². The van der Waals surface area contributed by atoms with E-state index in [1.807, 2.05) is 0 Å². The lowest BCUT2D eigenvalue weighted by atomic mass is 9.92. The molecule has 0 fully saturated rings. The maximum Gasteiger partial charge on any atom is 0.254 e. The molecule has 6 heteroatoms. The molecule has 0 unspecified atom stereocenters. The molecule has 0 aliphatic rings. The molecule has 2 amide bonds. The number of aromatic nitrogens is 2. The van der Waals surface area contributed by atoms with Crippen LogP contribution in [0.25, 0.3) is 0 Å². The van der Waals surface area contributed by atoms with Crippen molar-refractivity contribution in [3.8, 4) is 0 Å². The van der Waals surface area contributed by atoms with E-state index >= 15 is 0 Å². The highest BCUT2D eigenvalue weighted by Gasteiger charge is 2.27. The molecule has 1 rings (SSSR count). The second-order valence-electron chi connectivity index (χ2n) is 4.55. The van der Waals surface area contributed by atoms with Gasteiger partial charge in [-0.05, 0) is 20.8 Å². The summed E-state index contributed by atoms with van der Waals surface area (Å²) in [5, 5.41) is 11.8. The van der Waals surface area contributed by atoms with Gasteiger partial charge in [-0.3, -0.25) is 14.7 Å². The number of nitrogens with zero attached hydrogens (tertiary/aromatic N) is 1. The summed E-state index contributed by atoms with van der Waals surface area (Å²) in [5.41, 5.74) is 0.570. The number of carbonyl (C=O) groups is 2. The molecule has 1 aromatic heterocycles. The number of rotatable bonds is 4. The van der Waals surface area contributed by atoms with Crippen LogP contribution in [0.3, 0.4) is 0 Å². The summed E-state index contributed by atoms with van der Waals surface area (Å²) in [6.07, 6.45) is 1.47. The fourth-order valence-electron chi connectivity index (χ4n) is 1.39. The minimum absolute atomic E-state index is 0.110. The molecule has 0 atom stereocenters. The van der Waals surface area contributed by atoms with E-state index in [0.29, 0.717) is 11.3 Å². The average molecular weight is 238 g/mol. The van der Waals surface area contributed by atoms with Gasteiger partial charge in [0.25, 0.3) is 5.91 Å². The molecule has 0 saturated carbocycles. The molecule has 0 saturated heterocycles. The molecule has 6 nitrogen and oxygen atoms in total. The van der Waals surface area contributed by atoms with Crippen LogP contribution in [0, 0.1) is 12.3 Å². The summed E-state index contributed by atoms with van der Waals surface area (Å²) in [6, 6.07) is 0. The smallest absolute Gasteiger partial charge is 0.254 e. The minimum atomic E-state index is -0.637. The number of hydrogen-bond donors (Lipinski definition) is 3. The number of nitrogens with one attached hydrogen (secondary N) is 3. The summed E-state index contributed by atoms with van der Waals surface area (Å²) >= 11 is 0. The second kappa shape index (κ2) is 4.99. The average Bonchev–Trinajstić information content (AvgIpc) is 2.71. The lowest BCUT2D eigenvalue weighted by Crippen LogP contribution is -2.43. The molecule has 1 aromatic rings. The van der Waals surface area contributed by atoms with Gasteiger partial charge in [0.2, 0.25) is 5.91 Å². The zero-order chi connectivity index (χ0) is 13.1. The number of carbonyl (C=O) groups excluding carboxylic acids is 2. The van der Waals surface area contributed by atoms with Crippen LogP contribution in [0.5, 0.6) is 0 Å². The highest BCUT2D eigenvalue weighted by molar-refractivity contribution is 5.95. The Balaban J connectivity index is 2.60. The van der Waals surface area contributed by atoms with Crippen LogP contribution >= 0.6 is 0 Å². The molecule has 0 bridgehead atoms. The molecule has 0 aliphatic carbocycles. The van der Waals surface area contributed by atoms with Gasteiger partial charge in [0.15, 0.2) is 0 Å². The van der Waals surface area contributed by atoms with Crippen LogP contribution in [0.2, 0.25) is 0 Å². The van der Waals surface area contributed by atoms with E-state index in [-0.39, 0.29) is 18.4 Å². The minimum Gasteiger partial charge on any atom is -0.359 e. The van der Waals surface area contributed by atoms with Crippen molar-refractivity contribution in [1.82, 2.24) is 20.8 Å². The monoisotopic (exact) mass is 238 g/mol. The van der Waals surface area contributed by atoms with Crippen molar-refractivity contribution < 1.29 is 9.59 Å². The van der Waals surface area contributed by atoms with Crippen molar-refractivity contribution in [3.05, 3.63) is 17.5 Å². The predicted octanol–water partition coefficient (Wildman–Crippen LogP) is 0.220. The van der Waals surface area contributed by atoms with E-state index in [4.69, 9.17) is 0 Å². The summed E-state index contributed by atoms with van der Waals surface area (Å²) in [5.74, 6) is -0.338. The zero-order valence-corrected chi connectivity index (χ0v) is 10.5. The number of H-pyrrole nitrogens is 1. The Morgan fingerprint density at radius 2 is 2.12 bits per heavy atom. The largest absolute Gasteiger partial charge is 0.359 e. The summed E-state index contributed by atoms with van der Waals surface area (Å²) in [7, 11) is 1.58. The highest BCUT2D eigenvalue weighted by Crippen LogP contribution is 2.13. The van der Waals surface area contributed by atoms with E-state index in [9.17, 15) is 9.59 Å². The summed E-state index contributed by atoms with van der Waals surface area (Å²) in [6.45, 7) is 5.59. The molecule has 0 radical (unpaired) electrons. The van der Waals surface area contributed by atoms with Gasteiger partial charge in [-0.1, -0.05) is 0 Å². The Bertz CT molecular complexity index is 423. The third-order valence-electron chi connectivity index (χ3n) is 2.61. The van der Waals surface area contributed by atoms with Crippen molar-refractivity contribution in [3.63, 3.8) is 0 Å². The molecule has 0 spiro atoms. The first-order valence-corrected chi connectivity index (χ1v) is 5.39. The van der Waals surface area contributed by atoms with Gasteiger partial charge in [-0.2, -0.15) is 5.10 Å². The molecule has 94 valence electrons. The molecular weight excluding hydrogens is 220 g/mol. The van der Waals surface area contributed by atoms with E-state index in [2.05, 4.69) is 20.8 Å². The standard InChI is InChI=1S/C11H18N4O2/c1-7-8(5-14-15-7)9(16)13-6-11(2,3)10(17)12-4/h5H,6H2,1-4H3,(H,12,17)(H,13,16)(H,14,15). The summed E-state index contributed by atoms with van der Waals surface area (Å²) < 4.78 is 0. The number of amides is 2. The van der Waals surface area contributed by atoms with Crippen LogP contribution in [-0.4, -0.2) is 35.6 Å². The molecular formula is C11H18N4O2. The lowest BCUT2D eigenvalue weighted by Gasteiger charge is -2.22. The number of hydrogen-bond acceptors (Lipinski definition) is 3. The number of aromatic amines is 1. The van der Waals surface area contributed by atoms with Crippen molar-refractivity contribution in [1.29, 1.82) is 0 Å². The molecule has 0 aromatic carbocycles. The Morgan fingerprint density at radius 1 is 1.47 bits per heavy atom. The fourth-order valence-corrected chi connectivity index (χ4v) is 1.39. The first-order chi connectivity index (χ1) is 7.88. The van der Waals surface area contributed by atoms with E-state index in [1.54, 1.807) is 27.8 Å². The van der Waals surface area contributed by atoms with E-state index < -0.39 is 5.41 Å². The fraction of sp³-hybridized carbons (Fsp3) is 0.545. The van der Waals surface area contributed by atoms with Crippen LogP contribution in [0.4, 0.5) is 0 Å². The third kappa shape index (κ3) is 3.05. The Morgan fingerprint density at radius 3 is 2.59 bits per heavy atom. The first-order valence-electron chi connectivity index (χ1n) is 5.39. The molecule has 3 N–H and O–H groups in total. The summed E-state index contributed by atoms with van der Waals surface area (Å²) in [4.78, 5) is 23.3. The van der Waals surface area contributed by atoms with E-state index in [0.717, 1.165) is 0 Å². The van der Waals surface area contributed by atoms with Gasteiger partial charge in [-0.15, -0.1) is 0 Å². The van der Waals surface area contributed by atoms with Crippen LogP contribution in [-0.2, 0) is 4.79 Å². The topological polar surface area (TPSA) is 86.9 Å². The quantitative estimate of drug-likeness (QED) is 0.701. The molecule has 17 heavy (non-hydrogen) atoms. The van der Waals surface area contributed by atoms with Gasteiger partial charge in [0, 0.05) is 19.3 Å². The van der Waals surface area contributed by atoms with Crippen LogP contribution in [0.15, 0.2) is 6.20 Å². The van der Waals surface area contributed by atoms with Gasteiger partial charge in [0.05, 0.1) is 17.2 Å². The van der Waals surface area contributed by atoms with Crippen molar-refractivity contribution in [2.45, 2.75) is 20.8 Å². The maximum atomic E-state index is 11.8. The van der Waals surface area contributed by atoms with Gasteiger partial charge in [0.1, 0.15) is 0 Å². The van der Waals surface area contributed by atoms with Crippen molar-refractivity contribution >= 4 is 11.8 Å². The second-order valence-corrected chi connectivity index (χ2v) is 4.55. The van der Waals surface area contributed by atoms with Crippen LogP contribution < -0.4 is 10.6 Å². The third-order valence-corrected chi connectivity index (χ3v) is 2.61. The van der Waals surface area contributed by atoms with Crippen LogP contribution in [0.1, 0.15) is 29.9 Å². The van der Waals surface area contributed by atoms with Crippen molar-refractivity contribution in [2.24, 2.45) is 5.41 Å². The highest BCUT2D eigenvalue weighted by atomic mass is 16.2. The predicted molar refractivity (Wildman–Crippen MR) is 63.5 cm³/mol. The van der Waals surface area contributed by atoms with Gasteiger partial charge >= 0.3 is 0 Å². The van der Waals surface area contributed by atoms with Crippen molar-refractivity contribution in [2.75, 3.05) is 13.6 Å². The lowest BCUT2D eigenvalue weighted by molar-refractivity contribution is -0.128. The SMILES string of the molecule is CNC(=O)C(C)(C)CNC(=O)c1cn[nH]c1C. The maximum absolute atomic E-state index is 11.8. The number of aryl methyl sites for hydroxylation is 1. The Hall–Kier alpha value is -1.85. The molecule has 0 aliphatic heterocycles. The van der Waals surface area contributed by atoms with Gasteiger partial charge < -0.3 is 10.6 Å². The Kier molecular flexibility index (Phi) is 3.88. The normalized spacial score (nSPS) is 11.1. The molecule has 1 heterocycles. The first kappa shape index (κ1) is 13.2.